The van der Waals surface area contributed by atoms with Gasteiger partial charge in [-0.3, -0.25) is 9.59 Å². The Morgan fingerprint density at radius 3 is 2.36 bits per heavy atom. The summed E-state index contributed by atoms with van der Waals surface area (Å²) in [6.07, 6.45) is 1.09. The van der Waals surface area contributed by atoms with E-state index in [4.69, 9.17) is 0 Å². The first-order chi connectivity index (χ1) is 13.5. The average molecular weight is 381 g/mol. The molecule has 0 aromatic heterocycles. The quantitative estimate of drug-likeness (QED) is 0.828. The van der Waals surface area contributed by atoms with Crippen LogP contribution in [-0.2, 0) is 9.59 Å². The van der Waals surface area contributed by atoms with Crippen molar-refractivity contribution in [2.45, 2.75) is 19.8 Å². The molecule has 28 heavy (non-hydrogen) atoms. The molecule has 4 rings (SSSR count). The highest BCUT2D eigenvalue weighted by Gasteiger charge is 2.58. The van der Waals surface area contributed by atoms with E-state index in [2.05, 4.69) is 35.3 Å². The third kappa shape index (κ3) is 3.59. The van der Waals surface area contributed by atoms with E-state index in [0.717, 1.165) is 18.8 Å². The second-order valence-corrected chi connectivity index (χ2v) is 7.66. The van der Waals surface area contributed by atoms with Gasteiger partial charge in [0.2, 0.25) is 11.8 Å². The molecule has 0 radical (unpaired) electrons. The lowest BCUT2D eigenvalue weighted by atomic mass is 10.0. The number of anilines is 2. The fourth-order valence-corrected chi connectivity index (χ4v) is 3.78. The summed E-state index contributed by atoms with van der Waals surface area (Å²) in [5, 5.41) is 2.71. The molecular formula is C22H24FN3O2. The maximum Gasteiger partial charge on any atom is 0.240 e. The number of aryl methyl sites for hydroxylation is 1. The standard InChI is InChI=1S/C22H24FN3O2/c1-16-4-2-7-19(14-16)25-10-12-26(13-11-25)21(28)22(8-9-22)20(27)24-18-6-3-5-17(23)15-18/h2-7,14-15H,8-13H2,1H3,(H,24,27). The first-order valence-corrected chi connectivity index (χ1v) is 9.66. The van der Waals surface area contributed by atoms with E-state index in [9.17, 15) is 14.0 Å². The van der Waals surface area contributed by atoms with Crippen LogP contribution in [-0.4, -0.2) is 42.9 Å². The zero-order valence-corrected chi connectivity index (χ0v) is 16.0. The van der Waals surface area contributed by atoms with Crippen molar-refractivity contribution >= 4 is 23.2 Å². The number of hydrogen-bond acceptors (Lipinski definition) is 3. The number of carbonyl (C=O) groups is 2. The minimum Gasteiger partial charge on any atom is -0.368 e. The Labute approximate surface area is 164 Å². The number of piperazine rings is 1. The zero-order valence-electron chi connectivity index (χ0n) is 16.0. The summed E-state index contributed by atoms with van der Waals surface area (Å²) in [6.45, 7) is 4.76. The summed E-state index contributed by atoms with van der Waals surface area (Å²) in [5.41, 5.74) is 1.77. The van der Waals surface area contributed by atoms with Crippen molar-refractivity contribution in [1.82, 2.24) is 4.90 Å². The van der Waals surface area contributed by atoms with Crippen molar-refractivity contribution in [1.29, 1.82) is 0 Å². The Hall–Kier alpha value is -2.89. The van der Waals surface area contributed by atoms with Crippen LogP contribution in [0, 0.1) is 18.2 Å². The molecule has 6 heteroatoms. The predicted octanol–water partition coefficient (Wildman–Crippen LogP) is 3.20. The summed E-state index contributed by atoms with van der Waals surface area (Å²) in [6, 6.07) is 14.1. The maximum absolute atomic E-state index is 13.3. The topological polar surface area (TPSA) is 52.7 Å². The van der Waals surface area contributed by atoms with Crippen molar-refractivity contribution in [2.75, 3.05) is 36.4 Å². The Balaban J connectivity index is 1.38. The van der Waals surface area contributed by atoms with E-state index in [0.29, 0.717) is 31.6 Å². The van der Waals surface area contributed by atoms with Gasteiger partial charge in [-0.25, -0.2) is 4.39 Å². The highest BCUT2D eigenvalue weighted by atomic mass is 19.1. The van der Waals surface area contributed by atoms with Gasteiger partial charge in [-0.1, -0.05) is 18.2 Å². The fourth-order valence-electron chi connectivity index (χ4n) is 3.78. The van der Waals surface area contributed by atoms with Crippen molar-refractivity contribution < 1.29 is 14.0 Å². The number of rotatable bonds is 4. The minimum absolute atomic E-state index is 0.106. The SMILES string of the molecule is Cc1cccc(N2CCN(C(=O)C3(C(=O)Nc4cccc(F)c4)CC3)CC2)c1. The number of hydrogen-bond donors (Lipinski definition) is 1. The van der Waals surface area contributed by atoms with Gasteiger partial charge in [0.1, 0.15) is 11.2 Å². The molecule has 0 atom stereocenters. The summed E-state index contributed by atoms with van der Waals surface area (Å²) < 4.78 is 13.3. The smallest absolute Gasteiger partial charge is 0.240 e. The molecule has 1 saturated carbocycles. The largest absolute Gasteiger partial charge is 0.368 e. The first kappa shape index (κ1) is 18.5. The summed E-state index contributed by atoms with van der Waals surface area (Å²) in [7, 11) is 0. The van der Waals surface area contributed by atoms with Crippen LogP contribution in [0.2, 0.25) is 0 Å². The summed E-state index contributed by atoms with van der Waals surface area (Å²) >= 11 is 0. The predicted molar refractivity (Wildman–Crippen MR) is 107 cm³/mol. The molecule has 1 aliphatic heterocycles. The average Bonchev–Trinajstić information content (AvgIpc) is 3.50. The van der Waals surface area contributed by atoms with Crippen LogP contribution in [0.15, 0.2) is 48.5 Å². The van der Waals surface area contributed by atoms with Gasteiger partial charge >= 0.3 is 0 Å². The lowest BCUT2D eigenvalue weighted by Crippen LogP contribution is -2.52. The molecule has 0 unspecified atom stereocenters. The van der Waals surface area contributed by atoms with Crippen LogP contribution < -0.4 is 10.2 Å². The van der Waals surface area contributed by atoms with Gasteiger partial charge in [-0.15, -0.1) is 0 Å². The number of amides is 2. The van der Waals surface area contributed by atoms with Crippen LogP contribution in [0.1, 0.15) is 18.4 Å². The molecule has 2 fully saturated rings. The van der Waals surface area contributed by atoms with E-state index in [1.54, 1.807) is 11.0 Å². The molecule has 2 aromatic carbocycles. The fraction of sp³-hybridized carbons (Fsp3) is 0.364. The Bertz CT molecular complexity index is 902. The van der Waals surface area contributed by atoms with Crippen LogP contribution in [0.5, 0.6) is 0 Å². The van der Waals surface area contributed by atoms with Gasteiger partial charge in [-0.05, 0) is 55.7 Å². The monoisotopic (exact) mass is 381 g/mol. The van der Waals surface area contributed by atoms with Gasteiger partial charge in [0.25, 0.3) is 0 Å². The summed E-state index contributed by atoms with van der Waals surface area (Å²) in [4.78, 5) is 29.8. The molecule has 0 bridgehead atoms. The molecule has 2 aromatic rings. The van der Waals surface area contributed by atoms with Crippen molar-refractivity contribution in [3.8, 4) is 0 Å². The Kier molecular flexibility index (Phi) is 4.79. The molecule has 1 heterocycles. The van der Waals surface area contributed by atoms with Crippen LogP contribution >= 0.6 is 0 Å². The Morgan fingerprint density at radius 2 is 1.71 bits per heavy atom. The minimum atomic E-state index is -0.988. The van der Waals surface area contributed by atoms with Gasteiger partial charge in [0.05, 0.1) is 0 Å². The summed E-state index contributed by atoms with van der Waals surface area (Å²) in [5.74, 6) is -0.851. The maximum atomic E-state index is 13.3. The van der Waals surface area contributed by atoms with Crippen LogP contribution in [0.25, 0.3) is 0 Å². The van der Waals surface area contributed by atoms with Crippen molar-refractivity contribution in [3.63, 3.8) is 0 Å². The molecule has 5 nitrogen and oxygen atoms in total. The number of nitrogens with zero attached hydrogens (tertiary/aromatic N) is 2. The van der Waals surface area contributed by atoms with Gasteiger partial charge in [0.15, 0.2) is 0 Å². The zero-order chi connectivity index (χ0) is 19.7. The van der Waals surface area contributed by atoms with Crippen molar-refractivity contribution in [3.05, 3.63) is 59.9 Å². The molecule has 2 aliphatic rings. The van der Waals surface area contributed by atoms with E-state index < -0.39 is 11.2 Å². The van der Waals surface area contributed by atoms with Crippen molar-refractivity contribution in [2.24, 2.45) is 5.41 Å². The molecule has 0 spiro atoms. The second-order valence-electron chi connectivity index (χ2n) is 7.66. The normalized spacial score (nSPS) is 17.9. The molecule has 146 valence electrons. The number of carbonyl (C=O) groups excluding carboxylic acids is 2. The van der Waals surface area contributed by atoms with Gasteiger partial charge < -0.3 is 15.1 Å². The van der Waals surface area contributed by atoms with Gasteiger partial charge in [-0.2, -0.15) is 0 Å². The first-order valence-electron chi connectivity index (χ1n) is 9.66. The molecule has 1 N–H and O–H groups in total. The molecule has 2 amide bonds. The molecular weight excluding hydrogens is 357 g/mol. The van der Waals surface area contributed by atoms with E-state index in [-0.39, 0.29) is 11.8 Å². The molecule has 1 saturated heterocycles. The number of halogens is 1. The Morgan fingerprint density at radius 1 is 1.00 bits per heavy atom. The lowest BCUT2D eigenvalue weighted by molar-refractivity contribution is -0.142. The number of benzene rings is 2. The lowest BCUT2D eigenvalue weighted by Gasteiger charge is -2.37. The third-order valence-corrected chi connectivity index (χ3v) is 5.61. The number of nitrogens with one attached hydrogen (secondary N) is 1. The van der Waals surface area contributed by atoms with E-state index in [1.165, 1.54) is 23.8 Å². The van der Waals surface area contributed by atoms with Crippen LogP contribution in [0.4, 0.5) is 15.8 Å². The second kappa shape index (κ2) is 7.26. The third-order valence-electron chi connectivity index (χ3n) is 5.61. The molecule has 1 aliphatic carbocycles. The highest BCUT2D eigenvalue weighted by molar-refractivity contribution is 6.13. The van der Waals surface area contributed by atoms with Gasteiger partial charge in [0, 0.05) is 37.6 Å². The highest BCUT2D eigenvalue weighted by Crippen LogP contribution is 2.48. The van der Waals surface area contributed by atoms with E-state index in [1.807, 2.05) is 6.07 Å². The van der Waals surface area contributed by atoms with Crippen LogP contribution in [0.3, 0.4) is 0 Å². The van der Waals surface area contributed by atoms with E-state index >= 15 is 0 Å².